The quantitative estimate of drug-likeness (QED) is 0.561. The van der Waals surface area contributed by atoms with E-state index < -0.39 is 6.04 Å². The van der Waals surface area contributed by atoms with Gasteiger partial charge in [0.25, 0.3) is 5.91 Å². The zero-order valence-corrected chi connectivity index (χ0v) is 13.0. The molecule has 0 spiro atoms. The van der Waals surface area contributed by atoms with Crippen molar-refractivity contribution >= 4 is 23.2 Å². The number of thiophene rings is 1. The maximum absolute atomic E-state index is 11.8. The minimum atomic E-state index is -0.611. The lowest BCUT2D eigenvalue weighted by Crippen LogP contribution is -2.39. The molecule has 1 amide bonds. The molecular formula is C15H23NO3S. The molecular weight excluding hydrogens is 274 g/mol. The highest BCUT2D eigenvalue weighted by atomic mass is 32.1. The van der Waals surface area contributed by atoms with E-state index in [1.54, 1.807) is 19.1 Å². The Kier molecular flexibility index (Phi) is 7.95. The van der Waals surface area contributed by atoms with Crippen LogP contribution in [-0.4, -0.2) is 24.5 Å². The average Bonchev–Trinajstić information content (AvgIpc) is 2.96. The summed E-state index contributed by atoms with van der Waals surface area (Å²) in [6, 6.07) is 2.92. The van der Waals surface area contributed by atoms with E-state index in [0.717, 1.165) is 12.8 Å². The molecule has 0 fully saturated rings. The molecule has 0 bridgehead atoms. The van der Waals surface area contributed by atoms with Gasteiger partial charge in [-0.2, -0.15) is 0 Å². The number of amides is 1. The van der Waals surface area contributed by atoms with Gasteiger partial charge in [-0.15, -0.1) is 11.3 Å². The number of carbonyl (C=O) groups excluding carboxylic acids is 2. The molecule has 1 unspecified atom stereocenters. The van der Waals surface area contributed by atoms with E-state index in [-0.39, 0.29) is 11.9 Å². The molecule has 1 N–H and O–H groups in total. The van der Waals surface area contributed by atoms with Gasteiger partial charge in [0.15, 0.2) is 0 Å². The zero-order valence-electron chi connectivity index (χ0n) is 12.2. The van der Waals surface area contributed by atoms with E-state index in [2.05, 4.69) is 12.2 Å². The third-order valence-electron chi connectivity index (χ3n) is 2.94. The molecule has 0 saturated heterocycles. The van der Waals surface area contributed by atoms with E-state index >= 15 is 0 Å². The number of hydrogen-bond acceptors (Lipinski definition) is 4. The molecule has 0 aliphatic carbocycles. The van der Waals surface area contributed by atoms with Crippen molar-refractivity contribution in [3.63, 3.8) is 0 Å². The lowest BCUT2D eigenvalue weighted by atomic mass is 10.2. The largest absolute Gasteiger partial charge is 0.464 e. The number of hydrogen-bond donors (Lipinski definition) is 1. The Balaban J connectivity index is 2.17. The third-order valence-corrected chi connectivity index (χ3v) is 3.81. The number of rotatable bonds is 9. The van der Waals surface area contributed by atoms with Crippen molar-refractivity contribution in [3.05, 3.63) is 22.4 Å². The average molecular weight is 297 g/mol. The van der Waals surface area contributed by atoms with Crippen LogP contribution in [-0.2, 0) is 9.53 Å². The summed E-state index contributed by atoms with van der Waals surface area (Å²) >= 11 is 1.35. The fourth-order valence-corrected chi connectivity index (χ4v) is 2.36. The van der Waals surface area contributed by atoms with Gasteiger partial charge >= 0.3 is 5.97 Å². The Morgan fingerprint density at radius 3 is 2.70 bits per heavy atom. The number of ether oxygens (including phenoxy) is 1. The summed E-state index contributed by atoms with van der Waals surface area (Å²) in [5, 5.41) is 4.47. The normalized spacial score (nSPS) is 11.9. The van der Waals surface area contributed by atoms with E-state index in [0.29, 0.717) is 11.5 Å². The van der Waals surface area contributed by atoms with Crippen LogP contribution in [0.5, 0.6) is 0 Å². The van der Waals surface area contributed by atoms with Crippen molar-refractivity contribution in [1.82, 2.24) is 5.32 Å². The molecule has 1 aromatic rings. The van der Waals surface area contributed by atoms with Gasteiger partial charge in [-0.05, 0) is 24.8 Å². The van der Waals surface area contributed by atoms with Crippen LogP contribution in [0, 0.1) is 0 Å². The van der Waals surface area contributed by atoms with Crippen LogP contribution in [0.15, 0.2) is 17.5 Å². The van der Waals surface area contributed by atoms with E-state index in [9.17, 15) is 9.59 Å². The van der Waals surface area contributed by atoms with E-state index in [1.807, 2.05) is 5.38 Å². The lowest BCUT2D eigenvalue weighted by Gasteiger charge is -2.12. The van der Waals surface area contributed by atoms with Crippen molar-refractivity contribution in [2.45, 2.75) is 52.0 Å². The smallest absolute Gasteiger partial charge is 0.328 e. The maximum atomic E-state index is 11.8. The maximum Gasteiger partial charge on any atom is 0.328 e. The summed E-state index contributed by atoms with van der Waals surface area (Å²) in [5.41, 5.74) is 0. The van der Waals surface area contributed by atoms with Gasteiger partial charge in [0.05, 0.1) is 11.5 Å². The van der Waals surface area contributed by atoms with Crippen molar-refractivity contribution in [3.8, 4) is 0 Å². The second-order valence-electron chi connectivity index (χ2n) is 4.75. The highest BCUT2D eigenvalue weighted by Gasteiger charge is 2.18. The minimum Gasteiger partial charge on any atom is -0.464 e. The highest BCUT2D eigenvalue weighted by Crippen LogP contribution is 2.08. The van der Waals surface area contributed by atoms with Gasteiger partial charge in [-0.3, -0.25) is 4.79 Å². The first kappa shape index (κ1) is 16.7. The SMILES string of the molecule is CCCCCCCOC(=O)C(C)NC(=O)c1cccs1. The van der Waals surface area contributed by atoms with Crippen molar-refractivity contribution in [2.75, 3.05) is 6.61 Å². The lowest BCUT2D eigenvalue weighted by molar-refractivity contribution is -0.145. The molecule has 0 aliphatic heterocycles. The van der Waals surface area contributed by atoms with Crippen LogP contribution in [0.2, 0.25) is 0 Å². The van der Waals surface area contributed by atoms with Crippen molar-refractivity contribution in [2.24, 2.45) is 0 Å². The standard InChI is InChI=1S/C15H23NO3S/c1-3-4-5-6-7-10-19-15(18)12(2)16-14(17)13-9-8-11-20-13/h8-9,11-12H,3-7,10H2,1-2H3,(H,16,17). The Morgan fingerprint density at radius 1 is 1.30 bits per heavy atom. The summed E-state index contributed by atoms with van der Waals surface area (Å²) in [6.45, 7) is 4.24. The first-order chi connectivity index (χ1) is 9.65. The molecule has 1 heterocycles. The molecule has 1 atom stereocenters. The van der Waals surface area contributed by atoms with Gasteiger partial charge in [-0.1, -0.05) is 38.7 Å². The molecule has 0 aliphatic rings. The van der Waals surface area contributed by atoms with Crippen molar-refractivity contribution in [1.29, 1.82) is 0 Å². The summed E-state index contributed by atoms with van der Waals surface area (Å²) < 4.78 is 5.15. The van der Waals surface area contributed by atoms with Gasteiger partial charge in [0.2, 0.25) is 0 Å². The summed E-state index contributed by atoms with van der Waals surface area (Å²) in [5.74, 6) is -0.599. The topological polar surface area (TPSA) is 55.4 Å². The Labute approximate surface area is 124 Å². The first-order valence-electron chi connectivity index (χ1n) is 7.16. The predicted molar refractivity (Wildman–Crippen MR) is 81.0 cm³/mol. The van der Waals surface area contributed by atoms with Crippen LogP contribution in [0.4, 0.5) is 0 Å². The van der Waals surface area contributed by atoms with Gasteiger partial charge in [0.1, 0.15) is 6.04 Å². The Hall–Kier alpha value is -1.36. The zero-order chi connectivity index (χ0) is 14.8. The predicted octanol–water partition coefficient (Wildman–Crippen LogP) is 3.38. The summed E-state index contributed by atoms with van der Waals surface area (Å²) in [7, 11) is 0. The molecule has 1 aromatic heterocycles. The molecule has 0 radical (unpaired) electrons. The van der Waals surface area contributed by atoms with Crippen LogP contribution < -0.4 is 5.32 Å². The number of esters is 1. The number of carbonyl (C=O) groups is 2. The summed E-state index contributed by atoms with van der Waals surface area (Å²) in [6.07, 6.45) is 5.57. The molecule has 0 aromatic carbocycles. The van der Waals surface area contributed by atoms with Crippen molar-refractivity contribution < 1.29 is 14.3 Å². The number of nitrogens with one attached hydrogen (secondary N) is 1. The molecule has 20 heavy (non-hydrogen) atoms. The Morgan fingerprint density at radius 2 is 2.05 bits per heavy atom. The molecule has 5 heteroatoms. The van der Waals surface area contributed by atoms with E-state index in [4.69, 9.17) is 4.74 Å². The molecule has 4 nitrogen and oxygen atoms in total. The molecule has 112 valence electrons. The van der Waals surface area contributed by atoms with Crippen LogP contribution in [0.1, 0.15) is 55.6 Å². The third kappa shape index (κ3) is 6.19. The molecule has 0 saturated carbocycles. The highest BCUT2D eigenvalue weighted by molar-refractivity contribution is 7.12. The van der Waals surface area contributed by atoms with Crippen LogP contribution in [0.25, 0.3) is 0 Å². The fraction of sp³-hybridized carbons (Fsp3) is 0.600. The monoisotopic (exact) mass is 297 g/mol. The van der Waals surface area contributed by atoms with E-state index in [1.165, 1.54) is 30.6 Å². The molecule has 1 rings (SSSR count). The van der Waals surface area contributed by atoms with Crippen LogP contribution in [0.3, 0.4) is 0 Å². The minimum absolute atomic E-state index is 0.229. The van der Waals surface area contributed by atoms with Gasteiger partial charge in [-0.25, -0.2) is 4.79 Å². The fourth-order valence-electron chi connectivity index (χ4n) is 1.74. The number of unbranched alkanes of at least 4 members (excludes halogenated alkanes) is 4. The Bertz CT molecular complexity index is 403. The van der Waals surface area contributed by atoms with Crippen LogP contribution >= 0.6 is 11.3 Å². The second-order valence-corrected chi connectivity index (χ2v) is 5.70. The second kappa shape index (κ2) is 9.53. The summed E-state index contributed by atoms with van der Waals surface area (Å²) in [4.78, 5) is 24.1. The van der Waals surface area contributed by atoms with Gasteiger partial charge < -0.3 is 10.1 Å². The van der Waals surface area contributed by atoms with Gasteiger partial charge in [0, 0.05) is 0 Å². The first-order valence-corrected chi connectivity index (χ1v) is 8.04.